The third-order valence-corrected chi connectivity index (χ3v) is 5.09. The number of aromatic nitrogens is 1. The van der Waals surface area contributed by atoms with Crippen LogP contribution in [-0.4, -0.2) is 33.9 Å². The van der Waals surface area contributed by atoms with Gasteiger partial charge in [-0.25, -0.2) is 0 Å². The molecule has 1 fully saturated rings. The Labute approximate surface area is 165 Å². The number of rotatable bonds is 6. The van der Waals surface area contributed by atoms with Crippen molar-refractivity contribution < 1.29 is 9.59 Å². The maximum atomic E-state index is 12.4. The summed E-state index contributed by atoms with van der Waals surface area (Å²) in [6, 6.07) is 10.2. The van der Waals surface area contributed by atoms with Crippen LogP contribution in [0.1, 0.15) is 18.4 Å². The molecule has 0 spiro atoms. The highest BCUT2D eigenvalue weighted by atomic mass is 79.9. The quantitative estimate of drug-likeness (QED) is 0.725. The van der Waals surface area contributed by atoms with Crippen molar-refractivity contribution in [3.8, 4) is 0 Å². The molecule has 1 aromatic heterocycles. The molecule has 1 unspecified atom stereocenters. The van der Waals surface area contributed by atoms with Crippen molar-refractivity contribution in [2.75, 3.05) is 11.9 Å². The van der Waals surface area contributed by atoms with Crippen molar-refractivity contribution in [1.29, 1.82) is 0 Å². The van der Waals surface area contributed by atoms with Gasteiger partial charge in [-0.15, -0.1) is 0 Å². The van der Waals surface area contributed by atoms with Gasteiger partial charge in [-0.05, 0) is 53.0 Å². The van der Waals surface area contributed by atoms with Crippen LogP contribution in [0.25, 0.3) is 0 Å². The van der Waals surface area contributed by atoms with Crippen molar-refractivity contribution in [2.45, 2.75) is 32.0 Å². The molecule has 0 saturated carbocycles. The lowest BCUT2D eigenvalue weighted by molar-refractivity contribution is -0.122. The zero-order valence-corrected chi connectivity index (χ0v) is 16.3. The zero-order chi connectivity index (χ0) is 19.4. The summed E-state index contributed by atoms with van der Waals surface area (Å²) >= 11 is 3.30. The average Bonchev–Trinajstić information content (AvgIpc) is 3.08. The molecule has 1 aromatic carbocycles. The van der Waals surface area contributed by atoms with Gasteiger partial charge in [0.15, 0.2) is 0 Å². The molecule has 142 valence electrons. The van der Waals surface area contributed by atoms with Gasteiger partial charge in [-0.1, -0.05) is 18.2 Å². The molecule has 3 N–H and O–H groups in total. The van der Waals surface area contributed by atoms with E-state index < -0.39 is 0 Å². The molecule has 0 aliphatic carbocycles. The SMILES string of the molecule is NC(=O)C1CCCN1Cc1ccccc1NC(=O)Cn1cc(Br)ccc1=O. The van der Waals surface area contributed by atoms with E-state index in [9.17, 15) is 14.4 Å². The number of primary amides is 1. The van der Waals surface area contributed by atoms with Crippen LogP contribution >= 0.6 is 15.9 Å². The highest BCUT2D eigenvalue weighted by Crippen LogP contribution is 2.23. The normalized spacial score (nSPS) is 17.0. The predicted molar refractivity (Wildman–Crippen MR) is 106 cm³/mol. The molecule has 0 bridgehead atoms. The van der Waals surface area contributed by atoms with Crippen LogP contribution in [0.5, 0.6) is 0 Å². The largest absolute Gasteiger partial charge is 0.368 e. The number of hydrogen-bond donors (Lipinski definition) is 2. The number of para-hydroxylation sites is 1. The molecule has 1 aliphatic heterocycles. The van der Waals surface area contributed by atoms with E-state index >= 15 is 0 Å². The van der Waals surface area contributed by atoms with E-state index in [1.54, 1.807) is 12.3 Å². The Morgan fingerprint density at radius 1 is 1.22 bits per heavy atom. The summed E-state index contributed by atoms with van der Waals surface area (Å²) in [6.07, 6.45) is 3.26. The Balaban J connectivity index is 1.72. The smallest absolute Gasteiger partial charge is 0.251 e. The number of halogens is 1. The lowest BCUT2D eigenvalue weighted by Crippen LogP contribution is -2.39. The molecule has 2 amide bonds. The van der Waals surface area contributed by atoms with Gasteiger partial charge in [-0.2, -0.15) is 0 Å². The molecule has 0 radical (unpaired) electrons. The summed E-state index contributed by atoms with van der Waals surface area (Å²) in [6.45, 7) is 1.24. The van der Waals surface area contributed by atoms with Gasteiger partial charge in [0, 0.05) is 29.0 Å². The number of benzene rings is 1. The molecule has 7 nitrogen and oxygen atoms in total. The first-order chi connectivity index (χ1) is 12.9. The summed E-state index contributed by atoms with van der Waals surface area (Å²) in [5.74, 6) is -0.612. The van der Waals surface area contributed by atoms with E-state index in [0.717, 1.165) is 29.4 Å². The number of amides is 2. The second-order valence-corrected chi connectivity index (χ2v) is 7.47. The summed E-state index contributed by atoms with van der Waals surface area (Å²) in [5.41, 5.74) is 6.81. The van der Waals surface area contributed by atoms with Gasteiger partial charge in [0.25, 0.3) is 5.56 Å². The second-order valence-electron chi connectivity index (χ2n) is 6.55. The highest BCUT2D eigenvalue weighted by Gasteiger charge is 2.29. The number of pyridine rings is 1. The van der Waals surface area contributed by atoms with Crippen LogP contribution < -0.4 is 16.6 Å². The topological polar surface area (TPSA) is 97.4 Å². The zero-order valence-electron chi connectivity index (χ0n) is 14.7. The van der Waals surface area contributed by atoms with Gasteiger partial charge >= 0.3 is 0 Å². The number of nitrogens with zero attached hydrogens (tertiary/aromatic N) is 2. The predicted octanol–water partition coefficient (Wildman–Crippen LogP) is 1.70. The van der Waals surface area contributed by atoms with Gasteiger partial charge in [0.2, 0.25) is 11.8 Å². The van der Waals surface area contributed by atoms with Gasteiger partial charge in [0.05, 0.1) is 6.04 Å². The number of carbonyl (C=O) groups is 2. The summed E-state index contributed by atoms with van der Waals surface area (Å²) in [5, 5.41) is 2.87. The maximum absolute atomic E-state index is 12.4. The summed E-state index contributed by atoms with van der Waals surface area (Å²) in [7, 11) is 0. The molecule has 2 aromatic rings. The molecule has 1 aliphatic rings. The third kappa shape index (κ3) is 4.84. The molecule has 1 saturated heterocycles. The van der Waals surface area contributed by atoms with Gasteiger partial charge in [-0.3, -0.25) is 19.3 Å². The fourth-order valence-electron chi connectivity index (χ4n) is 3.31. The second kappa shape index (κ2) is 8.49. The first kappa shape index (κ1) is 19.3. The van der Waals surface area contributed by atoms with E-state index in [4.69, 9.17) is 5.73 Å². The van der Waals surface area contributed by atoms with Crippen LogP contribution in [0.15, 0.2) is 51.9 Å². The van der Waals surface area contributed by atoms with Crippen LogP contribution in [0.3, 0.4) is 0 Å². The Hall–Kier alpha value is -2.45. The van der Waals surface area contributed by atoms with Crippen LogP contribution in [0.2, 0.25) is 0 Å². The summed E-state index contributed by atoms with van der Waals surface area (Å²) < 4.78 is 2.06. The Morgan fingerprint density at radius 3 is 2.78 bits per heavy atom. The maximum Gasteiger partial charge on any atom is 0.251 e. The molecule has 8 heteroatoms. The molecular weight excluding hydrogens is 412 g/mol. The number of nitrogens with one attached hydrogen (secondary N) is 1. The van der Waals surface area contributed by atoms with E-state index in [1.807, 2.05) is 29.2 Å². The number of anilines is 1. The van der Waals surface area contributed by atoms with Gasteiger partial charge in [0.1, 0.15) is 6.54 Å². The third-order valence-electron chi connectivity index (χ3n) is 4.62. The van der Waals surface area contributed by atoms with Crippen molar-refractivity contribution in [2.24, 2.45) is 5.73 Å². The van der Waals surface area contributed by atoms with Crippen LogP contribution in [0, 0.1) is 0 Å². The first-order valence-electron chi connectivity index (χ1n) is 8.71. The lowest BCUT2D eigenvalue weighted by atomic mass is 10.1. The number of hydrogen-bond acceptors (Lipinski definition) is 4. The van der Waals surface area contributed by atoms with E-state index in [-0.39, 0.29) is 30.0 Å². The number of likely N-dealkylation sites (tertiary alicyclic amines) is 1. The Bertz CT molecular complexity index is 912. The minimum Gasteiger partial charge on any atom is -0.368 e. The minimum absolute atomic E-state index is 0.0831. The Kier molecular flexibility index (Phi) is 6.08. The van der Waals surface area contributed by atoms with Crippen molar-refractivity contribution >= 4 is 33.4 Å². The standard InChI is InChI=1S/C19H21BrN4O3/c20-14-7-8-18(26)24(11-14)12-17(25)22-15-5-2-1-4-13(15)10-23-9-3-6-16(23)19(21)27/h1-2,4-5,7-8,11,16H,3,6,9-10,12H2,(H2,21,27)(H,22,25). The van der Waals surface area contributed by atoms with Crippen LogP contribution in [0.4, 0.5) is 5.69 Å². The number of carbonyl (C=O) groups excluding carboxylic acids is 2. The summed E-state index contributed by atoms with van der Waals surface area (Å²) in [4.78, 5) is 37.9. The lowest BCUT2D eigenvalue weighted by Gasteiger charge is -2.23. The van der Waals surface area contributed by atoms with Crippen molar-refractivity contribution in [3.63, 3.8) is 0 Å². The van der Waals surface area contributed by atoms with E-state index in [2.05, 4.69) is 21.2 Å². The van der Waals surface area contributed by atoms with Crippen molar-refractivity contribution in [3.05, 3.63) is 63.0 Å². The van der Waals surface area contributed by atoms with Gasteiger partial charge < -0.3 is 15.6 Å². The molecule has 2 heterocycles. The van der Waals surface area contributed by atoms with E-state index in [1.165, 1.54) is 10.6 Å². The fourth-order valence-corrected chi connectivity index (χ4v) is 3.69. The Morgan fingerprint density at radius 2 is 2.00 bits per heavy atom. The average molecular weight is 433 g/mol. The highest BCUT2D eigenvalue weighted by molar-refractivity contribution is 9.10. The molecule has 27 heavy (non-hydrogen) atoms. The fraction of sp³-hybridized carbons (Fsp3) is 0.316. The molecule has 1 atom stereocenters. The number of nitrogens with two attached hydrogens (primary N) is 1. The van der Waals surface area contributed by atoms with Crippen LogP contribution in [-0.2, 0) is 22.7 Å². The monoisotopic (exact) mass is 432 g/mol. The first-order valence-corrected chi connectivity index (χ1v) is 9.50. The van der Waals surface area contributed by atoms with E-state index in [0.29, 0.717) is 12.2 Å². The van der Waals surface area contributed by atoms with Crippen molar-refractivity contribution in [1.82, 2.24) is 9.47 Å². The molecule has 3 rings (SSSR count). The molecular formula is C19H21BrN4O3. The minimum atomic E-state index is -0.317.